The van der Waals surface area contributed by atoms with Crippen LogP contribution in [0.2, 0.25) is 5.02 Å². The number of amides is 2. The summed E-state index contributed by atoms with van der Waals surface area (Å²) in [4.78, 5) is 30.6. The summed E-state index contributed by atoms with van der Waals surface area (Å²) in [5.41, 5.74) is 2.49. The Balaban J connectivity index is 1.75. The molecule has 0 unspecified atom stereocenters. The predicted octanol–water partition coefficient (Wildman–Crippen LogP) is 4.15. The number of rotatable bonds is 2. The van der Waals surface area contributed by atoms with Crippen LogP contribution in [-0.2, 0) is 21.5 Å². The molecule has 2 aliphatic heterocycles. The molecule has 1 spiro atoms. The molecule has 1 atom stereocenters. The second-order valence-corrected chi connectivity index (χ2v) is 7.61. The minimum Gasteiger partial charge on any atom is -0.314 e. The number of likely N-dealkylation sites (N-methyl/N-ethyl adjacent to an activating group) is 1. The molecule has 0 aromatic heterocycles. The monoisotopic (exact) mass is 388 g/mol. The molecule has 5 rings (SSSR count). The fourth-order valence-electron chi connectivity index (χ4n) is 4.42. The Kier molecular flexibility index (Phi) is 3.61. The molecule has 0 saturated carbocycles. The first kappa shape index (κ1) is 17.0. The first-order valence-corrected chi connectivity index (χ1v) is 9.46. The third-order valence-electron chi connectivity index (χ3n) is 5.70. The van der Waals surface area contributed by atoms with Gasteiger partial charge in [0.25, 0.3) is 11.8 Å². The van der Waals surface area contributed by atoms with Gasteiger partial charge in [0.15, 0.2) is 5.41 Å². The van der Waals surface area contributed by atoms with Gasteiger partial charge >= 0.3 is 0 Å². The highest BCUT2D eigenvalue weighted by Crippen LogP contribution is 2.54. The van der Waals surface area contributed by atoms with Crippen molar-refractivity contribution in [1.82, 2.24) is 0 Å². The summed E-state index contributed by atoms with van der Waals surface area (Å²) in [5.74, 6) is -0.465. The van der Waals surface area contributed by atoms with Crippen molar-refractivity contribution in [3.8, 4) is 0 Å². The van der Waals surface area contributed by atoms with Gasteiger partial charge in [0.05, 0.1) is 6.54 Å². The van der Waals surface area contributed by atoms with Gasteiger partial charge in [-0.2, -0.15) is 0 Å². The van der Waals surface area contributed by atoms with Gasteiger partial charge < -0.3 is 9.80 Å². The molecule has 28 heavy (non-hydrogen) atoms. The Bertz CT molecular complexity index is 1130. The lowest BCUT2D eigenvalue weighted by molar-refractivity contribution is -0.131. The van der Waals surface area contributed by atoms with E-state index in [1.165, 1.54) is 0 Å². The van der Waals surface area contributed by atoms with Crippen LogP contribution in [0.1, 0.15) is 16.7 Å². The fraction of sp³-hybridized carbons (Fsp3) is 0.130. The van der Waals surface area contributed by atoms with E-state index in [1.54, 1.807) is 35.0 Å². The Hall–Kier alpha value is -3.11. The molecular formula is C23H17ClN2O2. The van der Waals surface area contributed by atoms with E-state index in [0.29, 0.717) is 22.7 Å². The first-order chi connectivity index (χ1) is 13.5. The van der Waals surface area contributed by atoms with Gasteiger partial charge in [0.1, 0.15) is 0 Å². The molecule has 3 aromatic carbocycles. The quantitative estimate of drug-likeness (QED) is 0.619. The summed E-state index contributed by atoms with van der Waals surface area (Å²) in [5, 5.41) is 0.507. The molecule has 3 aromatic rings. The van der Waals surface area contributed by atoms with Gasteiger partial charge in [0, 0.05) is 34.6 Å². The molecule has 0 fully saturated rings. The van der Waals surface area contributed by atoms with Crippen molar-refractivity contribution < 1.29 is 9.59 Å². The van der Waals surface area contributed by atoms with Crippen molar-refractivity contribution in [1.29, 1.82) is 0 Å². The third-order valence-corrected chi connectivity index (χ3v) is 5.93. The van der Waals surface area contributed by atoms with Crippen molar-refractivity contribution in [3.05, 3.63) is 94.5 Å². The van der Waals surface area contributed by atoms with Crippen LogP contribution in [-0.4, -0.2) is 18.9 Å². The lowest BCUT2D eigenvalue weighted by Gasteiger charge is -2.23. The second-order valence-electron chi connectivity index (χ2n) is 7.17. The average molecular weight is 389 g/mol. The highest BCUT2D eigenvalue weighted by atomic mass is 35.5. The fourth-order valence-corrected chi connectivity index (χ4v) is 4.59. The number of halogens is 1. The molecule has 2 heterocycles. The lowest BCUT2D eigenvalue weighted by atomic mass is 9.76. The van der Waals surface area contributed by atoms with Crippen molar-refractivity contribution in [2.75, 3.05) is 16.8 Å². The molecule has 0 bridgehead atoms. The first-order valence-electron chi connectivity index (χ1n) is 9.08. The molecule has 0 aliphatic carbocycles. The van der Waals surface area contributed by atoms with Gasteiger partial charge in [-0.3, -0.25) is 9.59 Å². The molecule has 2 amide bonds. The molecule has 2 aliphatic rings. The molecular weight excluding hydrogens is 372 g/mol. The number of hydrogen-bond acceptors (Lipinski definition) is 2. The van der Waals surface area contributed by atoms with Crippen molar-refractivity contribution >= 4 is 34.8 Å². The number of carbonyl (C=O) groups is 2. The molecule has 138 valence electrons. The predicted molar refractivity (Wildman–Crippen MR) is 110 cm³/mol. The maximum absolute atomic E-state index is 13.9. The smallest absolute Gasteiger partial charge is 0.252 e. The summed E-state index contributed by atoms with van der Waals surface area (Å²) in [7, 11) is 1.71. The summed E-state index contributed by atoms with van der Waals surface area (Å²) in [6.45, 7) is 0.408. The van der Waals surface area contributed by atoms with Crippen molar-refractivity contribution in [2.45, 2.75) is 12.0 Å². The number of anilines is 2. The van der Waals surface area contributed by atoms with Crippen LogP contribution in [0.4, 0.5) is 11.4 Å². The summed E-state index contributed by atoms with van der Waals surface area (Å²) in [6, 6.07) is 22.6. The van der Waals surface area contributed by atoms with Crippen LogP contribution in [0.3, 0.4) is 0 Å². The van der Waals surface area contributed by atoms with Crippen molar-refractivity contribution in [3.63, 3.8) is 0 Å². The molecule has 0 saturated heterocycles. The van der Waals surface area contributed by atoms with Crippen LogP contribution in [0, 0.1) is 0 Å². The highest BCUT2D eigenvalue weighted by Gasteiger charge is 2.62. The minimum atomic E-state index is -1.37. The zero-order chi connectivity index (χ0) is 19.5. The zero-order valence-corrected chi connectivity index (χ0v) is 16.0. The second kappa shape index (κ2) is 5.94. The highest BCUT2D eigenvalue weighted by molar-refractivity contribution is 6.33. The standard InChI is InChI=1S/C23H17ClN2O2/c1-25-19-12-11-16(24)13-18(19)23(21(25)27)17-9-5-6-10-20(17)26(22(23)28)14-15-7-3-2-4-8-15/h2-13H,14H2,1H3/t23-/m1/s1. The normalized spacial score (nSPS) is 20.1. The van der Waals surface area contributed by atoms with E-state index in [4.69, 9.17) is 11.6 Å². The average Bonchev–Trinajstić information content (AvgIpc) is 3.09. The zero-order valence-electron chi connectivity index (χ0n) is 15.2. The minimum absolute atomic E-state index is 0.226. The van der Waals surface area contributed by atoms with Crippen LogP contribution in [0.15, 0.2) is 72.8 Å². The van der Waals surface area contributed by atoms with Gasteiger partial charge in [-0.15, -0.1) is 0 Å². The van der Waals surface area contributed by atoms with E-state index in [0.717, 1.165) is 16.9 Å². The van der Waals surface area contributed by atoms with Gasteiger partial charge in [-0.1, -0.05) is 60.1 Å². The number of carbonyl (C=O) groups excluding carboxylic acids is 2. The van der Waals surface area contributed by atoms with Gasteiger partial charge in [0.2, 0.25) is 0 Å². The summed E-state index contributed by atoms with van der Waals surface area (Å²) in [6.07, 6.45) is 0. The van der Waals surface area contributed by atoms with Crippen LogP contribution >= 0.6 is 11.6 Å². The Morgan fingerprint density at radius 1 is 0.821 bits per heavy atom. The van der Waals surface area contributed by atoms with E-state index in [9.17, 15) is 9.59 Å². The number of hydrogen-bond donors (Lipinski definition) is 0. The van der Waals surface area contributed by atoms with E-state index >= 15 is 0 Å². The van der Waals surface area contributed by atoms with Crippen molar-refractivity contribution in [2.24, 2.45) is 0 Å². The molecule has 0 N–H and O–H groups in total. The van der Waals surface area contributed by atoms with Gasteiger partial charge in [-0.05, 0) is 29.8 Å². The number of benzene rings is 3. The SMILES string of the molecule is CN1C(=O)[C@]2(C(=O)N(Cc3ccccc3)c3ccccc32)c2cc(Cl)ccc21. The molecule has 0 radical (unpaired) electrons. The molecule has 4 nitrogen and oxygen atoms in total. The largest absolute Gasteiger partial charge is 0.314 e. The summed E-state index contributed by atoms with van der Waals surface area (Å²) < 4.78 is 0. The maximum Gasteiger partial charge on any atom is 0.252 e. The number of fused-ring (bicyclic) bond motifs is 4. The topological polar surface area (TPSA) is 40.6 Å². The van der Waals surface area contributed by atoms with Crippen LogP contribution in [0.25, 0.3) is 0 Å². The van der Waals surface area contributed by atoms with E-state index in [-0.39, 0.29) is 11.8 Å². The third kappa shape index (κ3) is 2.06. The van der Waals surface area contributed by atoms with E-state index in [2.05, 4.69) is 0 Å². The summed E-state index contributed by atoms with van der Waals surface area (Å²) >= 11 is 6.27. The molecule has 5 heteroatoms. The van der Waals surface area contributed by atoms with Gasteiger partial charge in [-0.25, -0.2) is 0 Å². The van der Waals surface area contributed by atoms with E-state index < -0.39 is 5.41 Å². The van der Waals surface area contributed by atoms with Crippen LogP contribution < -0.4 is 9.80 Å². The number of nitrogens with zero attached hydrogens (tertiary/aromatic N) is 2. The van der Waals surface area contributed by atoms with E-state index in [1.807, 2.05) is 54.6 Å². The van der Waals surface area contributed by atoms with Crippen LogP contribution in [0.5, 0.6) is 0 Å². The Morgan fingerprint density at radius 2 is 1.54 bits per heavy atom. The lowest BCUT2D eigenvalue weighted by Crippen LogP contribution is -2.47. The number of para-hydroxylation sites is 1. The Labute approximate surface area is 168 Å². The maximum atomic E-state index is 13.9. The Morgan fingerprint density at radius 3 is 2.32 bits per heavy atom.